The lowest BCUT2D eigenvalue weighted by molar-refractivity contribution is 0.151. The van der Waals surface area contributed by atoms with Crippen molar-refractivity contribution in [2.45, 2.75) is 18.4 Å². The summed E-state index contributed by atoms with van der Waals surface area (Å²) in [6.07, 6.45) is 0.727. The van der Waals surface area contributed by atoms with Gasteiger partial charge in [-0.15, -0.1) is 0 Å². The first-order valence-electron chi connectivity index (χ1n) is 6.24. The van der Waals surface area contributed by atoms with Gasteiger partial charge < -0.3 is 5.11 Å². The van der Waals surface area contributed by atoms with Gasteiger partial charge in [0, 0.05) is 4.47 Å². The molecule has 2 heteroatoms. The molecule has 1 aliphatic carbocycles. The predicted molar refractivity (Wildman–Crippen MR) is 76.4 cm³/mol. The summed E-state index contributed by atoms with van der Waals surface area (Å²) in [5, 5.41) is 10.4. The highest BCUT2D eigenvalue weighted by Crippen LogP contribution is 2.54. The van der Waals surface area contributed by atoms with Crippen LogP contribution in [0, 0.1) is 5.92 Å². The lowest BCUT2D eigenvalue weighted by Gasteiger charge is -2.11. The Hall–Kier alpha value is -1.12. The van der Waals surface area contributed by atoms with Crippen LogP contribution >= 0.6 is 15.9 Å². The Balaban J connectivity index is 1.75. The van der Waals surface area contributed by atoms with Crippen molar-refractivity contribution >= 4 is 15.9 Å². The second-order valence-electron chi connectivity index (χ2n) is 4.92. The Bertz CT molecular complexity index is 538. The maximum absolute atomic E-state index is 10.4. The number of aliphatic hydroxyl groups is 1. The normalized spacial score (nSPS) is 23.7. The molecule has 0 radical (unpaired) electrons. The van der Waals surface area contributed by atoms with E-state index in [1.165, 1.54) is 5.56 Å². The zero-order valence-corrected chi connectivity index (χ0v) is 11.5. The van der Waals surface area contributed by atoms with Crippen LogP contribution in [0.15, 0.2) is 59.1 Å². The molecule has 1 saturated carbocycles. The fourth-order valence-electron chi connectivity index (χ4n) is 2.58. The molecule has 92 valence electrons. The third-order valence-electron chi connectivity index (χ3n) is 3.66. The van der Waals surface area contributed by atoms with E-state index in [1.807, 2.05) is 30.3 Å². The fourth-order valence-corrected chi connectivity index (χ4v) is 3.00. The van der Waals surface area contributed by atoms with E-state index in [9.17, 15) is 5.11 Å². The molecular weight excluding hydrogens is 288 g/mol. The Morgan fingerprint density at radius 2 is 1.83 bits per heavy atom. The highest BCUT2D eigenvalue weighted by Gasteiger charge is 2.43. The minimum absolute atomic E-state index is 0.354. The first-order chi connectivity index (χ1) is 8.75. The minimum Gasteiger partial charge on any atom is -0.388 e. The summed E-state index contributed by atoms with van der Waals surface area (Å²) in [5.74, 6) is 0.877. The molecule has 1 fully saturated rings. The lowest BCUT2D eigenvalue weighted by atomic mass is 10.0. The van der Waals surface area contributed by atoms with Crippen LogP contribution in [0.4, 0.5) is 0 Å². The summed E-state index contributed by atoms with van der Waals surface area (Å²) in [7, 11) is 0. The van der Waals surface area contributed by atoms with Crippen LogP contribution in [0.5, 0.6) is 0 Å². The Morgan fingerprint density at radius 3 is 2.56 bits per heavy atom. The van der Waals surface area contributed by atoms with Gasteiger partial charge >= 0.3 is 0 Å². The molecule has 0 saturated heterocycles. The maximum Gasteiger partial charge on any atom is 0.0824 e. The Kier molecular flexibility index (Phi) is 3.23. The summed E-state index contributed by atoms with van der Waals surface area (Å²) in [4.78, 5) is 0. The van der Waals surface area contributed by atoms with Gasteiger partial charge in [0.15, 0.2) is 0 Å². The topological polar surface area (TPSA) is 20.2 Å². The molecule has 3 atom stereocenters. The van der Waals surface area contributed by atoms with Crippen molar-refractivity contribution in [3.8, 4) is 0 Å². The van der Waals surface area contributed by atoms with Crippen molar-refractivity contribution in [2.24, 2.45) is 5.92 Å². The molecule has 3 unspecified atom stereocenters. The van der Waals surface area contributed by atoms with E-state index in [0.717, 1.165) is 16.5 Å². The summed E-state index contributed by atoms with van der Waals surface area (Å²) < 4.78 is 1.02. The third kappa shape index (κ3) is 2.36. The molecule has 18 heavy (non-hydrogen) atoms. The van der Waals surface area contributed by atoms with Crippen LogP contribution in [0.25, 0.3) is 0 Å². The van der Waals surface area contributed by atoms with Gasteiger partial charge in [0.25, 0.3) is 0 Å². The lowest BCUT2D eigenvalue weighted by Crippen LogP contribution is -2.01. The molecule has 3 rings (SSSR count). The van der Waals surface area contributed by atoms with Gasteiger partial charge in [-0.1, -0.05) is 58.4 Å². The molecule has 1 aliphatic rings. The molecular formula is C16H15BrO. The summed E-state index contributed by atoms with van der Waals surface area (Å²) in [5.41, 5.74) is 2.35. The number of rotatable bonds is 3. The predicted octanol–water partition coefficient (Wildman–Crippen LogP) is 4.29. The van der Waals surface area contributed by atoms with E-state index < -0.39 is 0 Å². The number of benzene rings is 2. The first kappa shape index (κ1) is 11.9. The van der Waals surface area contributed by atoms with Gasteiger partial charge in [0.05, 0.1) is 6.10 Å². The monoisotopic (exact) mass is 302 g/mol. The van der Waals surface area contributed by atoms with E-state index >= 15 is 0 Å². The van der Waals surface area contributed by atoms with Crippen molar-refractivity contribution in [1.29, 1.82) is 0 Å². The average molecular weight is 303 g/mol. The second-order valence-corrected chi connectivity index (χ2v) is 5.83. The van der Waals surface area contributed by atoms with Crippen LogP contribution in [-0.2, 0) is 0 Å². The molecule has 0 amide bonds. The second kappa shape index (κ2) is 4.87. The summed E-state index contributed by atoms with van der Waals surface area (Å²) in [6.45, 7) is 0. The zero-order valence-electron chi connectivity index (χ0n) is 9.96. The van der Waals surface area contributed by atoms with Gasteiger partial charge in [-0.25, -0.2) is 0 Å². The largest absolute Gasteiger partial charge is 0.388 e. The van der Waals surface area contributed by atoms with E-state index in [1.54, 1.807) is 0 Å². The molecule has 0 spiro atoms. The maximum atomic E-state index is 10.4. The van der Waals surface area contributed by atoms with Crippen LogP contribution in [0.1, 0.15) is 29.6 Å². The molecule has 0 bridgehead atoms. The first-order valence-corrected chi connectivity index (χ1v) is 7.03. The van der Waals surface area contributed by atoms with Crippen molar-refractivity contribution in [2.75, 3.05) is 0 Å². The summed E-state index contributed by atoms with van der Waals surface area (Å²) >= 11 is 3.45. The van der Waals surface area contributed by atoms with Gasteiger partial charge in [-0.3, -0.25) is 0 Å². The van der Waals surface area contributed by atoms with Gasteiger partial charge in [-0.05, 0) is 41.5 Å². The number of hydrogen-bond acceptors (Lipinski definition) is 1. The highest BCUT2D eigenvalue weighted by molar-refractivity contribution is 9.10. The minimum atomic E-state index is -0.354. The third-order valence-corrected chi connectivity index (χ3v) is 4.16. The van der Waals surface area contributed by atoms with Crippen molar-refractivity contribution < 1.29 is 5.11 Å². The Morgan fingerprint density at radius 1 is 1.06 bits per heavy atom. The molecule has 2 aromatic carbocycles. The van der Waals surface area contributed by atoms with Crippen LogP contribution in [-0.4, -0.2) is 5.11 Å². The van der Waals surface area contributed by atoms with Crippen molar-refractivity contribution in [1.82, 2.24) is 0 Å². The standard InChI is InChI=1S/C16H15BrO/c17-13-8-4-7-12(9-13)16(18)15-10-14(15)11-5-2-1-3-6-11/h1-9,14-16,18H,10H2. The number of hydrogen-bond donors (Lipinski definition) is 1. The van der Waals surface area contributed by atoms with Gasteiger partial charge in [-0.2, -0.15) is 0 Å². The van der Waals surface area contributed by atoms with Gasteiger partial charge in [0.1, 0.15) is 0 Å². The molecule has 1 nitrogen and oxygen atoms in total. The van der Waals surface area contributed by atoms with Crippen molar-refractivity contribution in [3.05, 3.63) is 70.2 Å². The molecule has 1 N–H and O–H groups in total. The average Bonchev–Trinajstić information content (AvgIpc) is 3.19. The molecule has 0 aromatic heterocycles. The quantitative estimate of drug-likeness (QED) is 0.897. The van der Waals surface area contributed by atoms with Crippen molar-refractivity contribution in [3.63, 3.8) is 0 Å². The van der Waals surface area contributed by atoms with Gasteiger partial charge in [0.2, 0.25) is 0 Å². The number of aliphatic hydroxyl groups excluding tert-OH is 1. The van der Waals surface area contributed by atoms with E-state index in [0.29, 0.717) is 11.8 Å². The Labute approximate surface area is 116 Å². The molecule has 0 aliphatic heterocycles. The summed E-state index contributed by atoms with van der Waals surface area (Å²) in [6, 6.07) is 18.4. The van der Waals surface area contributed by atoms with E-state index in [2.05, 4.69) is 40.2 Å². The SMILES string of the molecule is OC(c1cccc(Br)c1)C1CC1c1ccccc1. The highest BCUT2D eigenvalue weighted by atomic mass is 79.9. The zero-order chi connectivity index (χ0) is 12.5. The molecule has 0 heterocycles. The fraction of sp³-hybridized carbons (Fsp3) is 0.250. The number of halogens is 1. The van der Waals surface area contributed by atoms with E-state index in [4.69, 9.17) is 0 Å². The van der Waals surface area contributed by atoms with Crippen LogP contribution < -0.4 is 0 Å². The van der Waals surface area contributed by atoms with Crippen LogP contribution in [0.3, 0.4) is 0 Å². The van der Waals surface area contributed by atoms with E-state index in [-0.39, 0.29) is 6.10 Å². The smallest absolute Gasteiger partial charge is 0.0824 e. The van der Waals surface area contributed by atoms with Crippen LogP contribution in [0.2, 0.25) is 0 Å². The molecule has 2 aromatic rings.